The van der Waals surface area contributed by atoms with Gasteiger partial charge in [0.2, 0.25) is 0 Å². The largest absolute Gasteiger partial charge is 0.508 e. The highest BCUT2D eigenvalue weighted by molar-refractivity contribution is 6.31. The van der Waals surface area contributed by atoms with Gasteiger partial charge in [0.25, 0.3) is 0 Å². The number of hydrazine groups is 1. The summed E-state index contributed by atoms with van der Waals surface area (Å²) in [6.45, 7) is 6.06. The Morgan fingerprint density at radius 1 is 1.53 bits per heavy atom. The number of phenols is 1. The molecule has 1 aromatic carbocycles. The van der Waals surface area contributed by atoms with Crippen LogP contribution in [0.5, 0.6) is 5.75 Å². The van der Waals surface area contributed by atoms with Gasteiger partial charge in [0.15, 0.2) is 0 Å². The van der Waals surface area contributed by atoms with Gasteiger partial charge in [-0.05, 0) is 25.1 Å². The summed E-state index contributed by atoms with van der Waals surface area (Å²) in [6, 6.07) is 5.11. The van der Waals surface area contributed by atoms with E-state index in [-0.39, 0.29) is 5.75 Å². The molecular weight excluding hydrogens is 260 g/mol. The van der Waals surface area contributed by atoms with E-state index in [0.29, 0.717) is 17.1 Å². The van der Waals surface area contributed by atoms with Crippen molar-refractivity contribution in [2.24, 2.45) is 0 Å². The molecule has 19 heavy (non-hydrogen) atoms. The molecule has 0 saturated heterocycles. The molecule has 0 saturated carbocycles. The van der Waals surface area contributed by atoms with Crippen LogP contribution in [0.15, 0.2) is 54.8 Å². The Morgan fingerprint density at radius 3 is 2.79 bits per heavy atom. The smallest absolute Gasteiger partial charge is 0.122 e. The zero-order valence-corrected chi connectivity index (χ0v) is 12.0. The highest BCUT2D eigenvalue weighted by Crippen LogP contribution is 2.27. The number of benzene rings is 1. The van der Waals surface area contributed by atoms with Crippen LogP contribution in [0.4, 0.5) is 0 Å². The molecule has 0 spiro atoms. The van der Waals surface area contributed by atoms with Gasteiger partial charge in [0.05, 0.1) is 6.54 Å². The molecule has 0 bridgehead atoms. The molecular formula is C15H19ClN2O. The Bertz CT molecular complexity index is 475. The summed E-state index contributed by atoms with van der Waals surface area (Å²) in [7, 11) is 1.82. The number of hydrogen-bond donors (Lipinski definition) is 2. The lowest BCUT2D eigenvalue weighted by atomic mass is 10.2. The van der Waals surface area contributed by atoms with E-state index in [1.807, 2.05) is 37.2 Å². The lowest BCUT2D eigenvalue weighted by molar-refractivity contribution is 0.266. The predicted octanol–water partition coefficient (Wildman–Crippen LogP) is 3.63. The van der Waals surface area contributed by atoms with E-state index in [1.165, 1.54) is 0 Å². The molecule has 2 N–H and O–H groups in total. The molecule has 102 valence electrons. The molecule has 0 heterocycles. The van der Waals surface area contributed by atoms with Gasteiger partial charge >= 0.3 is 0 Å². The van der Waals surface area contributed by atoms with Crippen LogP contribution in [0.1, 0.15) is 12.5 Å². The summed E-state index contributed by atoms with van der Waals surface area (Å²) in [5.41, 5.74) is 4.72. The van der Waals surface area contributed by atoms with Gasteiger partial charge in [0.1, 0.15) is 5.75 Å². The standard InChI is InChI=1S/C15H19ClN2O/c1-4-6-8-12(5-2)18(17-3)11-13-14(16)9-7-10-15(13)19/h4-10,17,19H,1,11H2,2-3H3/b8-6-,12-5+. The van der Waals surface area contributed by atoms with Crippen LogP contribution in [0.3, 0.4) is 0 Å². The predicted molar refractivity (Wildman–Crippen MR) is 80.8 cm³/mol. The minimum atomic E-state index is 0.191. The summed E-state index contributed by atoms with van der Waals surface area (Å²) in [6.07, 6.45) is 7.46. The van der Waals surface area contributed by atoms with Crippen LogP contribution >= 0.6 is 11.6 Å². The first kappa shape index (κ1) is 15.3. The molecule has 4 heteroatoms. The van der Waals surface area contributed by atoms with Crippen molar-refractivity contribution in [3.8, 4) is 5.75 Å². The molecule has 0 radical (unpaired) electrons. The molecule has 0 aliphatic rings. The quantitative estimate of drug-likeness (QED) is 0.616. The Hall–Kier alpha value is -1.71. The molecule has 0 fully saturated rings. The third kappa shape index (κ3) is 4.16. The SMILES string of the molecule is C=C/C=C\C(=C/C)N(Cc1c(O)cccc1Cl)NC. The number of hydrogen-bond acceptors (Lipinski definition) is 3. The number of aromatic hydroxyl groups is 1. The monoisotopic (exact) mass is 278 g/mol. The molecule has 1 aromatic rings. The molecule has 0 amide bonds. The molecule has 0 aromatic heterocycles. The van der Waals surface area contributed by atoms with Crippen molar-refractivity contribution < 1.29 is 5.11 Å². The van der Waals surface area contributed by atoms with Crippen LogP contribution in [-0.2, 0) is 6.54 Å². The summed E-state index contributed by atoms with van der Waals surface area (Å²) in [5, 5.41) is 12.3. The van der Waals surface area contributed by atoms with E-state index in [4.69, 9.17) is 11.6 Å². The number of nitrogens with zero attached hydrogens (tertiary/aromatic N) is 1. The first-order valence-electron chi connectivity index (χ1n) is 6.00. The van der Waals surface area contributed by atoms with Gasteiger partial charge in [-0.3, -0.25) is 0 Å². The van der Waals surface area contributed by atoms with Crippen molar-refractivity contribution in [2.75, 3.05) is 7.05 Å². The minimum absolute atomic E-state index is 0.191. The van der Waals surface area contributed by atoms with Crippen molar-refractivity contribution in [2.45, 2.75) is 13.5 Å². The van der Waals surface area contributed by atoms with Crippen LogP contribution in [-0.4, -0.2) is 17.2 Å². The highest BCUT2D eigenvalue weighted by Gasteiger charge is 2.11. The molecule has 3 nitrogen and oxygen atoms in total. The Labute approximate surface area is 119 Å². The molecule has 1 rings (SSSR count). The van der Waals surface area contributed by atoms with E-state index >= 15 is 0 Å². The van der Waals surface area contributed by atoms with Gasteiger partial charge < -0.3 is 10.1 Å². The van der Waals surface area contributed by atoms with E-state index in [0.717, 1.165) is 5.70 Å². The fourth-order valence-electron chi connectivity index (χ4n) is 1.67. The van der Waals surface area contributed by atoms with E-state index in [1.54, 1.807) is 24.3 Å². The second-order valence-electron chi connectivity index (χ2n) is 3.86. The Balaban J connectivity index is 2.99. The van der Waals surface area contributed by atoms with Crippen molar-refractivity contribution in [1.29, 1.82) is 0 Å². The van der Waals surface area contributed by atoms with Gasteiger partial charge in [-0.2, -0.15) is 0 Å². The average molecular weight is 279 g/mol. The second-order valence-corrected chi connectivity index (χ2v) is 4.26. The third-order valence-electron chi connectivity index (χ3n) is 2.69. The summed E-state index contributed by atoms with van der Waals surface area (Å²) >= 11 is 6.11. The fourth-order valence-corrected chi connectivity index (χ4v) is 1.90. The number of halogens is 1. The maximum Gasteiger partial charge on any atom is 0.122 e. The Kier molecular flexibility index (Phi) is 6.19. The lowest BCUT2D eigenvalue weighted by Gasteiger charge is -2.25. The lowest BCUT2D eigenvalue weighted by Crippen LogP contribution is -2.33. The van der Waals surface area contributed by atoms with Crippen LogP contribution in [0.25, 0.3) is 0 Å². The first-order valence-corrected chi connectivity index (χ1v) is 6.38. The van der Waals surface area contributed by atoms with Gasteiger partial charge in [0, 0.05) is 23.3 Å². The first-order chi connectivity index (χ1) is 9.13. The van der Waals surface area contributed by atoms with E-state index in [2.05, 4.69) is 12.0 Å². The minimum Gasteiger partial charge on any atom is -0.508 e. The topological polar surface area (TPSA) is 35.5 Å². The van der Waals surface area contributed by atoms with Crippen LogP contribution < -0.4 is 5.43 Å². The number of phenolic OH excluding ortho intramolecular Hbond substituents is 1. The second kappa shape index (κ2) is 7.67. The molecule has 0 aliphatic carbocycles. The van der Waals surface area contributed by atoms with Crippen LogP contribution in [0, 0.1) is 0 Å². The van der Waals surface area contributed by atoms with Gasteiger partial charge in [-0.25, -0.2) is 5.43 Å². The van der Waals surface area contributed by atoms with Crippen molar-refractivity contribution in [3.63, 3.8) is 0 Å². The van der Waals surface area contributed by atoms with Crippen molar-refractivity contribution >= 4 is 11.6 Å². The van der Waals surface area contributed by atoms with Crippen molar-refractivity contribution in [3.05, 3.63) is 65.4 Å². The fraction of sp³-hybridized carbons (Fsp3) is 0.200. The zero-order chi connectivity index (χ0) is 14.3. The molecule has 0 atom stereocenters. The maximum absolute atomic E-state index is 9.87. The summed E-state index contributed by atoms with van der Waals surface area (Å²) < 4.78 is 0. The zero-order valence-electron chi connectivity index (χ0n) is 11.2. The summed E-state index contributed by atoms with van der Waals surface area (Å²) in [5.74, 6) is 0.191. The molecule has 0 aliphatic heterocycles. The number of nitrogens with one attached hydrogen (secondary N) is 1. The van der Waals surface area contributed by atoms with Gasteiger partial charge in [-0.15, -0.1) is 0 Å². The maximum atomic E-state index is 9.87. The van der Waals surface area contributed by atoms with E-state index < -0.39 is 0 Å². The highest BCUT2D eigenvalue weighted by atomic mass is 35.5. The van der Waals surface area contributed by atoms with Crippen LogP contribution in [0.2, 0.25) is 5.02 Å². The average Bonchev–Trinajstić information content (AvgIpc) is 2.41. The third-order valence-corrected chi connectivity index (χ3v) is 3.04. The normalized spacial score (nSPS) is 11.8. The van der Waals surface area contributed by atoms with Crippen molar-refractivity contribution in [1.82, 2.24) is 10.4 Å². The summed E-state index contributed by atoms with van der Waals surface area (Å²) in [4.78, 5) is 0. The number of rotatable bonds is 6. The van der Waals surface area contributed by atoms with Gasteiger partial charge in [-0.1, -0.05) is 42.5 Å². The number of allylic oxidation sites excluding steroid dienone is 4. The van der Waals surface area contributed by atoms with E-state index in [9.17, 15) is 5.11 Å². The molecule has 0 unspecified atom stereocenters. The Morgan fingerprint density at radius 2 is 2.26 bits per heavy atom.